The molecule has 1 N–H and O–H groups in total. The van der Waals surface area contributed by atoms with Crippen LogP contribution in [0.15, 0.2) is 12.4 Å². The molecular weight excluding hydrogens is 210 g/mol. The van der Waals surface area contributed by atoms with Gasteiger partial charge in [0.05, 0.1) is 0 Å². The van der Waals surface area contributed by atoms with E-state index in [1.54, 1.807) is 0 Å². The average Bonchev–Trinajstić information content (AvgIpc) is 2.77. The van der Waals surface area contributed by atoms with E-state index in [4.69, 9.17) is 0 Å². The molecule has 3 heteroatoms. The van der Waals surface area contributed by atoms with Gasteiger partial charge in [-0.25, -0.2) is 4.98 Å². The number of rotatable bonds is 9. The lowest BCUT2D eigenvalue weighted by Crippen LogP contribution is -2.26. The van der Waals surface area contributed by atoms with Crippen LogP contribution < -0.4 is 5.32 Å². The molecule has 0 bridgehead atoms. The Kier molecular flexibility index (Phi) is 6.94. The third-order valence-corrected chi connectivity index (χ3v) is 3.04. The predicted octanol–water partition coefficient (Wildman–Crippen LogP) is 3.18. The van der Waals surface area contributed by atoms with Gasteiger partial charge in [-0.15, -0.1) is 0 Å². The molecule has 1 atom stereocenters. The van der Waals surface area contributed by atoms with Gasteiger partial charge in [-0.3, -0.25) is 0 Å². The zero-order valence-electron chi connectivity index (χ0n) is 11.6. The quantitative estimate of drug-likeness (QED) is 0.669. The molecule has 0 aromatic carbocycles. The number of nitrogens with one attached hydrogen (secondary N) is 1. The molecule has 0 aliphatic heterocycles. The summed E-state index contributed by atoms with van der Waals surface area (Å²) in [5.41, 5.74) is 0. The lowest BCUT2D eigenvalue weighted by molar-refractivity contribution is 0.416. The van der Waals surface area contributed by atoms with Crippen LogP contribution in [0.1, 0.15) is 58.3 Å². The molecule has 98 valence electrons. The molecule has 0 saturated carbocycles. The van der Waals surface area contributed by atoms with Crippen molar-refractivity contribution in [2.24, 2.45) is 0 Å². The molecule has 0 aliphatic carbocycles. The fourth-order valence-corrected chi connectivity index (χ4v) is 2.21. The van der Waals surface area contributed by atoms with Crippen molar-refractivity contribution in [1.29, 1.82) is 0 Å². The Morgan fingerprint density at radius 3 is 2.71 bits per heavy atom. The zero-order valence-corrected chi connectivity index (χ0v) is 11.6. The minimum absolute atomic E-state index is 0.565. The Morgan fingerprint density at radius 1 is 1.24 bits per heavy atom. The third kappa shape index (κ3) is 4.50. The first kappa shape index (κ1) is 14.2. The van der Waals surface area contributed by atoms with E-state index in [-0.39, 0.29) is 0 Å². The molecule has 1 unspecified atom stereocenters. The van der Waals surface area contributed by atoms with Gasteiger partial charge in [0.2, 0.25) is 0 Å². The Balaban J connectivity index is 2.63. The van der Waals surface area contributed by atoms with Gasteiger partial charge in [0.15, 0.2) is 0 Å². The van der Waals surface area contributed by atoms with Crippen molar-refractivity contribution in [2.45, 2.75) is 58.9 Å². The Bertz CT molecular complexity index is 293. The summed E-state index contributed by atoms with van der Waals surface area (Å²) in [5.74, 6) is 1.24. The number of imidazole rings is 1. The molecule has 0 radical (unpaired) electrons. The second-order valence-electron chi connectivity index (χ2n) is 4.65. The predicted molar refractivity (Wildman–Crippen MR) is 73.3 cm³/mol. The van der Waals surface area contributed by atoms with Crippen molar-refractivity contribution in [3.8, 4) is 0 Å². The number of aromatic nitrogens is 2. The van der Waals surface area contributed by atoms with Crippen LogP contribution in [0.2, 0.25) is 0 Å². The maximum atomic E-state index is 4.47. The molecule has 0 fully saturated rings. The van der Waals surface area contributed by atoms with Gasteiger partial charge >= 0.3 is 0 Å². The normalized spacial score (nSPS) is 12.9. The second-order valence-corrected chi connectivity index (χ2v) is 4.65. The van der Waals surface area contributed by atoms with Crippen molar-refractivity contribution < 1.29 is 0 Å². The van der Waals surface area contributed by atoms with Crippen LogP contribution in [0.5, 0.6) is 0 Å². The standard InChI is InChI=1S/C14H27N3/c1-4-7-13(12-15-9-6-3)17-11-10-16-14(17)8-5-2/h10-11,13,15H,4-9,12H2,1-3H3. The number of nitrogens with zero attached hydrogens (tertiary/aromatic N) is 2. The van der Waals surface area contributed by atoms with Gasteiger partial charge < -0.3 is 9.88 Å². The van der Waals surface area contributed by atoms with Crippen molar-refractivity contribution in [2.75, 3.05) is 13.1 Å². The maximum Gasteiger partial charge on any atom is 0.108 e. The van der Waals surface area contributed by atoms with E-state index in [0.717, 1.165) is 25.9 Å². The topological polar surface area (TPSA) is 29.9 Å². The number of hydrogen-bond donors (Lipinski definition) is 1. The molecule has 1 aromatic rings. The van der Waals surface area contributed by atoms with Crippen LogP contribution in [-0.4, -0.2) is 22.6 Å². The molecule has 1 rings (SSSR count). The SMILES string of the molecule is CCCNCC(CCC)n1ccnc1CCC. The summed E-state index contributed by atoms with van der Waals surface area (Å²) in [4.78, 5) is 4.47. The third-order valence-electron chi connectivity index (χ3n) is 3.04. The summed E-state index contributed by atoms with van der Waals surface area (Å²) in [5, 5.41) is 3.53. The van der Waals surface area contributed by atoms with Gasteiger partial charge in [-0.1, -0.05) is 27.2 Å². The van der Waals surface area contributed by atoms with Crippen molar-refractivity contribution in [3.63, 3.8) is 0 Å². The van der Waals surface area contributed by atoms with E-state index in [1.807, 2.05) is 6.20 Å². The van der Waals surface area contributed by atoms with Crippen LogP contribution in [0.4, 0.5) is 0 Å². The van der Waals surface area contributed by atoms with Gasteiger partial charge in [-0.05, 0) is 25.8 Å². The van der Waals surface area contributed by atoms with Gasteiger partial charge in [0.25, 0.3) is 0 Å². The summed E-state index contributed by atoms with van der Waals surface area (Å²) in [6.45, 7) is 8.85. The summed E-state index contributed by atoms with van der Waals surface area (Å²) in [7, 11) is 0. The molecule has 0 saturated heterocycles. The highest BCUT2D eigenvalue weighted by Gasteiger charge is 2.12. The molecule has 17 heavy (non-hydrogen) atoms. The first-order valence-corrected chi connectivity index (χ1v) is 7.05. The highest BCUT2D eigenvalue weighted by molar-refractivity contribution is 4.96. The highest BCUT2D eigenvalue weighted by Crippen LogP contribution is 2.16. The molecule has 1 heterocycles. The van der Waals surface area contributed by atoms with Gasteiger partial charge in [0.1, 0.15) is 5.82 Å². The van der Waals surface area contributed by atoms with Gasteiger partial charge in [0, 0.05) is 31.4 Å². The van der Waals surface area contributed by atoms with E-state index < -0.39 is 0 Å². The largest absolute Gasteiger partial charge is 0.331 e. The summed E-state index contributed by atoms with van der Waals surface area (Å²) < 4.78 is 2.37. The lowest BCUT2D eigenvalue weighted by atomic mass is 10.1. The van der Waals surface area contributed by atoms with Crippen LogP contribution >= 0.6 is 0 Å². The number of hydrogen-bond acceptors (Lipinski definition) is 2. The summed E-state index contributed by atoms with van der Waals surface area (Å²) >= 11 is 0. The second kappa shape index (κ2) is 8.29. The Hall–Kier alpha value is -0.830. The van der Waals surface area contributed by atoms with Crippen LogP contribution in [0.25, 0.3) is 0 Å². The first-order valence-electron chi connectivity index (χ1n) is 7.05. The molecule has 3 nitrogen and oxygen atoms in total. The minimum atomic E-state index is 0.565. The Morgan fingerprint density at radius 2 is 2.06 bits per heavy atom. The van der Waals surface area contributed by atoms with Crippen LogP contribution in [0.3, 0.4) is 0 Å². The average molecular weight is 237 g/mol. The maximum absolute atomic E-state index is 4.47. The van der Waals surface area contributed by atoms with E-state index in [2.05, 4.69) is 41.8 Å². The smallest absolute Gasteiger partial charge is 0.108 e. The van der Waals surface area contributed by atoms with E-state index in [1.165, 1.54) is 25.1 Å². The van der Waals surface area contributed by atoms with Crippen molar-refractivity contribution in [1.82, 2.24) is 14.9 Å². The van der Waals surface area contributed by atoms with E-state index in [9.17, 15) is 0 Å². The van der Waals surface area contributed by atoms with Crippen molar-refractivity contribution in [3.05, 3.63) is 18.2 Å². The monoisotopic (exact) mass is 237 g/mol. The summed E-state index contributed by atoms with van der Waals surface area (Å²) in [6.07, 6.45) is 9.97. The highest BCUT2D eigenvalue weighted by atomic mass is 15.1. The first-order chi connectivity index (χ1) is 8.33. The van der Waals surface area contributed by atoms with Crippen molar-refractivity contribution >= 4 is 0 Å². The van der Waals surface area contributed by atoms with E-state index >= 15 is 0 Å². The molecular formula is C14H27N3. The fourth-order valence-electron chi connectivity index (χ4n) is 2.21. The minimum Gasteiger partial charge on any atom is -0.331 e. The molecule has 0 aliphatic rings. The molecule has 0 amide bonds. The Labute approximate surface area is 106 Å². The zero-order chi connectivity index (χ0) is 12.5. The fraction of sp³-hybridized carbons (Fsp3) is 0.786. The van der Waals surface area contributed by atoms with Crippen LogP contribution in [-0.2, 0) is 6.42 Å². The molecule has 0 spiro atoms. The summed E-state index contributed by atoms with van der Waals surface area (Å²) in [6, 6.07) is 0.565. The number of aryl methyl sites for hydroxylation is 1. The van der Waals surface area contributed by atoms with Gasteiger partial charge in [-0.2, -0.15) is 0 Å². The van der Waals surface area contributed by atoms with Crippen LogP contribution in [0, 0.1) is 0 Å². The molecule has 1 aromatic heterocycles. The van der Waals surface area contributed by atoms with E-state index in [0.29, 0.717) is 6.04 Å². The lowest BCUT2D eigenvalue weighted by Gasteiger charge is -2.21.